The Kier molecular flexibility index (Phi) is 4.36. The van der Waals surface area contributed by atoms with Crippen molar-refractivity contribution >= 4 is 11.8 Å². The van der Waals surface area contributed by atoms with Crippen molar-refractivity contribution in [1.29, 1.82) is 0 Å². The van der Waals surface area contributed by atoms with Gasteiger partial charge in [0.15, 0.2) is 0 Å². The van der Waals surface area contributed by atoms with Gasteiger partial charge in [-0.05, 0) is 54.2 Å². The summed E-state index contributed by atoms with van der Waals surface area (Å²) in [4.78, 5) is 27.1. The van der Waals surface area contributed by atoms with Crippen LogP contribution in [0, 0.1) is 5.41 Å². The normalized spacial score (nSPS) is 20.8. The van der Waals surface area contributed by atoms with E-state index in [1.165, 1.54) is 0 Å². The molecule has 1 fully saturated rings. The molecular formula is C21H22N2O4. The molecule has 1 saturated heterocycles. The summed E-state index contributed by atoms with van der Waals surface area (Å²) < 4.78 is 5.27. The van der Waals surface area contributed by atoms with E-state index in [2.05, 4.69) is 0 Å². The van der Waals surface area contributed by atoms with E-state index >= 15 is 0 Å². The first kappa shape index (κ1) is 17.5. The van der Waals surface area contributed by atoms with Gasteiger partial charge in [0.05, 0.1) is 12.5 Å². The minimum atomic E-state index is -0.525. The number of rotatable bonds is 4. The van der Waals surface area contributed by atoms with Crippen LogP contribution in [0.15, 0.2) is 42.5 Å². The number of likely N-dealkylation sites (tertiary alicyclic amines) is 1. The number of nitrogens with one attached hydrogen (secondary N) is 1. The van der Waals surface area contributed by atoms with Gasteiger partial charge in [-0.25, -0.2) is 5.48 Å². The van der Waals surface area contributed by atoms with Gasteiger partial charge in [-0.3, -0.25) is 14.8 Å². The molecule has 0 bridgehead atoms. The Balaban J connectivity index is 1.56. The Labute approximate surface area is 157 Å². The van der Waals surface area contributed by atoms with Gasteiger partial charge in [-0.15, -0.1) is 0 Å². The molecule has 0 saturated carbocycles. The highest BCUT2D eigenvalue weighted by molar-refractivity contribution is 5.96. The molecule has 2 N–H and O–H groups in total. The predicted molar refractivity (Wildman–Crippen MR) is 98.6 cm³/mol. The number of hydrogen-bond donors (Lipinski definition) is 2. The maximum atomic E-state index is 13.3. The molecular weight excluding hydrogens is 344 g/mol. The molecule has 4 rings (SSSR count). The Morgan fingerprint density at radius 2 is 2.07 bits per heavy atom. The van der Waals surface area contributed by atoms with Crippen LogP contribution < -0.4 is 10.2 Å². The zero-order valence-corrected chi connectivity index (χ0v) is 15.2. The topological polar surface area (TPSA) is 78.9 Å². The van der Waals surface area contributed by atoms with E-state index in [9.17, 15) is 9.59 Å². The van der Waals surface area contributed by atoms with Gasteiger partial charge in [0.1, 0.15) is 5.75 Å². The number of hydroxylamine groups is 1. The lowest BCUT2D eigenvalue weighted by Gasteiger charge is -2.23. The third-order valence-electron chi connectivity index (χ3n) is 5.77. The van der Waals surface area contributed by atoms with Crippen molar-refractivity contribution in [2.24, 2.45) is 5.41 Å². The van der Waals surface area contributed by atoms with Gasteiger partial charge in [0.2, 0.25) is 5.91 Å². The first-order chi connectivity index (χ1) is 13.1. The SMILES string of the molecule is COc1cccc(CN2CCC3(Cc4cccc(C(=O)NO)c4C3)C2=O)c1. The summed E-state index contributed by atoms with van der Waals surface area (Å²) >= 11 is 0. The van der Waals surface area contributed by atoms with Crippen LogP contribution in [0.1, 0.15) is 33.5 Å². The molecule has 1 atom stereocenters. The van der Waals surface area contributed by atoms with Crippen LogP contribution in [0.3, 0.4) is 0 Å². The number of amides is 2. The molecule has 1 aliphatic heterocycles. The molecule has 6 heteroatoms. The van der Waals surface area contributed by atoms with E-state index in [4.69, 9.17) is 9.94 Å². The molecule has 2 aliphatic rings. The van der Waals surface area contributed by atoms with Crippen LogP contribution in [0.5, 0.6) is 5.75 Å². The highest BCUT2D eigenvalue weighted by atomic mass is 16.5. The number of fused-ring (bicyclic) bond motifs is 1. The minimum absolute atomic E-state index is 0.136. The Bertz CT molecular complexity index is 911. The molecule has 1 unspecified atom stereocenters. The Morgan fingerprint density at radius 3 is 2.85 bits per heavy atom. The Hall–Kier alpha value is -2.86. The zero-order valence-electron chi connectivity index (χ0n) is 15.2. The third kappa shape index (κ3) is 2.96. The lowest BCUT2D eigenvalue weighted by atomic mass is 9.83. The molecule has 2 aromatic rings. The van der Waals surface area contributed by atoms with Crippen molar-refractivity contribution in [3.8, 4) is 5.75 Å². The molecule has 140 valence electrons. The maximum Gasteiger partial charge on any atom is 0.274 e. The number of hydrogen-bond acceptors (Lipinski definition) is 4. The van der Waals surface area contributed by atoms with Crippen LogP contribution in [-0.4, -0.2) is 35.6 Å². The van der Waals surface area contributed by atoms with Crippen molar-refractivity contribution in [2.75, 3.05) is 13.7 Å². The summed E-state index contributed by atoms with van der Waals surface area (Å²) in [5.74, 6) is 0.390. The van der Waals surface area contributed by atoms with E-state index < -0.39 is 11.3 Å². The summed E-state index contributed by atoms with van der Waals surface area (Å²) in [5.41, 5.74) is 4.61. The van der Waals surface area contributed by atoms with E-state index in [0.717, 1.165) is 28.9 Å². The van der Waals surface area contributed by atoms with Crippen molar-refractivity contribution < 1.29 is 19.5 Å². The van der Waals surface area contributed by atoms with E-state index in [-0.39, 0.29) is 5.91 Å². The van der Waals surface area contributed by atoms with Gasteiger partial charge in [0.25, 0.3) is 5.91 Å². The van der Waals surface area contributed by atoms with Crippen molar-refractivity contribution in [3.05, 3.63) is 64.7 Å². The maximum absolute atomic E-state index is 13.3. The van der Waals surface area contributed by atoms with Gasteiger partial charge in [-0.2, -0.15) is 0 Å². The number of methoxy groups -OCH3 is 1. The molecule has 2 aromatic carbocycles. The number of nitrogens with zero attached hydrogens (tertiary/aromatic N) is 1. The smallest absolute Gasteiger partial charge is 0.274 e. The molecule has 6 nitrogen and oxygen atoms in total. The summed E-state index contributed by atoms with van der Waals surface area (Å²) in [5, 5.41) is 8.99. The average Bonchev–Trinajstić information content (AvgIpc) is 3.22. The molecule has 1 spiro atoms. The fourth-order valence-electron chi connectivity index (χ4n) is 4.41. The molecule has 27 heavy (non-hydrogen) atoms. The zero-order chi connectivity index (χ0) is 19.0. The number of benzene rings is 2. The lowest BCUT2D eigenvalue weighted by molar-refractivity contribution is -0.136. The minimum Gasteiger partial charge on any atom is -0.497 e. The lowest BCUT2D eigenvalue weighted by Crippen LogP contribution is -2.35. The second kappa shape index (κ2) is 6.70. The summed E-state index contributed by atoms with van der Waals surface area (Å²) in [6.07, 6.45) is 1.95. The fourth-order valence-corrected chi connectivity index (χ4v) is 4.41. The quantitative estimate of drug-likeness (QED) is 0.643. The van der Waals surface area contributed by atoms with Gasteiger partial charge >= 0.3 is 0 Å². The van der Waals surface area contributed by atoms with E-state index in [1.54, 1.807) is 24.7 Å². The number of carbonyl (C=O) groups excluding carboxylic acids is 2. The molecule has 0 radical (unpaired) electrons. The standard InChI is InChI=1S/C21H22N2O4/c1-27-16-6-2-4-14(10-16)13-23-9-8-21(20(23)25)11-15-5-3-7-17(18(15)12-21)19(24)22-26/h2-7,10,26H,8-9,11-13H2,1H3,(H,22,24). The summed E-state index contributed by atoms with van der Waals surface area (Å²) in [6.45, 7) is 1.25. The monoisotopic (exact) mass is 366 g/mol. The van der Waals surface area contributed by atoms with Gasteiger partial charge < -0.3 is 9.64 Å². The highest BCUT2D eigenvalue weighted by Gasteiger charge is 2.50. The first-order valence-electron chi connectivity index (χ1n) is 9.04. The summed E-state index contributed by atoms with van der Waals surface area (Å²) in [6, 6.07) is 13.2. The number of ether oxygens (including phenoxy) is 1. The van der Waals surface area contributed by atoms with E-state index in [0.29, 0.717) is 31.5 Å². The van der Waals surface area contributed by atoms with Gasteiger partial charge in [0, 0.05) is 18.7 Å². The molecule has 1 heterocycles. The number of carbonyl (C=O) groups is 2. The average molecular weight is 366 g/mol. The van der Waals surface area contributed by atoms with Crippen molar-refractivity contribution in [2.45, 2.75) is 25.8 Å². The Morgan fingerprint density at radius 1 is 1.26 bits per heavy atom. The highest BCUT2D eigenvalue weighted by Crippen LogP contribution is 2.46. The summed E-state index contributed by atoms with van der Waals surface area (Å²) in [7, 11) is 1.63. The van der Waals surface area contributed by atoms with Gasteiger partial charge in [-0.1, -0.05) is 24.3 Å². The van der Waals surface area contributed by atoms with Crippen LogP contribution >= 0.6 is 0 Å². The third-order valence-corrected chi connectivity index (χ3v) is 5.77. The molecule has 2 amide bonds. The molecule has 1 aliphatic carbocycles. The van der Waals surface area contributed by atoms with E-state index in [1.807, 2.05) is 35.2 Å². The first-order valence-corrected chi connectivity index (χ1v) is 9.04. The van der Waals surface area contributed by atoms with Crippen LogP contribution in [0.4, 0.5) is 0 Å². The predicted octanol–water partition coefficient (Wildman–Crippen LogP) is 2.33. The fraction of sp³-hybridized carbons (Fsp3) is 0.333. The van der Waals surface area contributed by atoms with Crippen molar-refractivity contribution in [1.82, 2.24) is 10.4 Å². The molecule has 0 aromatic heterocycles. The van der Waals surface area contributed by atoms with Crippen LogP contribution in [0.25, 0.3) is 0 Å². The van der Waals surface area contributed by atoms with Crippen molar-refractivity contribution in [3.63, 3.8) is 0 Å². The largest absolute Gasteiger partial charge is 0.497 e. The second-order valence-corrected chi connectivity index (χ2v) is 7.35. The van der Waals surface area contributed by atoms with Crippen LogP contribution in [0.2, 0.25) is 0 Å². The van der Waals surface area contributed by atoms with Crippen LogP contribution in [-0.2, 0) is 24.2 Å². The second-order valence-electron chi connectivity index (χ2n) is 7.35.